The summed E-state index contributed by atoms with van der Waals surface area (Å²) in [5.41, 5.74) is 0.0833. The Morgan fingerprint density at radius 2 is 1.88 bits per heavy atom. The molecule has 16 heavy (non-hydrogen) atoms. The smallest absolute Gasteiger partial charge is 0.271 e. The number of aromatic nitrogens is 3. The summed E-state index contributed by atoms with van der Waals surface area (Å²) in [5, 5.41) is 6.50. The molecule has 1 heterocycles. The maximum atomic E-state index is 11.3. The van der Waals surface area contributed by atoms with Crippen LogP contribution in [0.1, 0.15) is 11.3 Å². The average Bonchev–Trinajstić information content (AvgIpc) is 2.25. The van der Waals surface area contributed by atoms with Gasteiger partial charge in [-0.15, -0.1) is 0 Å². The molecule has 0 amide bonds. The number of rotatable bonds is 2. The Balaban J connectivity index is 2.30. The van der Waals surface area contributed by atoms with Crippen molar-refractivity contribution in [3.63, 3.8) is 0 Å². The third kappa shape index (κ3) is 2.38. The zero-order valence-electron chi connectivity index (χ0n) is 8.16. The molecule has 1 aromatic heterocycles. The Hall–Kier alpha value is -1.88. The SMILES string of the molecule is O=c1[nH]nc(Cc2ccc(Cl)cc2)c(=O)[nH]1. The van der Waals surface area contributed by atoms with Crippen LogP contribution in [-0.2, 0) is 6.42 Å². The van der Waals surface area contributed by atoms with Crippen molar-refractivity contribution in [1.82, 2.24) is 15.2 Å². The lowest BCUT2D eigenvalue weighted by atomic mass is 10.1. The minimum Gasteiger partial charge on any atom is -0.271 e. The molecule has 2 rings (SSSR count). The van der Waals surface area contributed by atoms with Gasteiger partial charge < -0.3 is 0 Å². The van der Waals surface area contributed by atoms with Crippen molar-refractivity contribution in [2.75, 3.05) is 0 Å². The van der Waals surface area contributed by atoms with Gasteiger partial charge >= 0.3 is 5.69 Å². The molecular weight excluding hydrogens is 230 g/mol. The van der Waals surface area contributed by atoms with Crippen LogP contribution < -0.4 is 11.2 Å². The summed E-state index contributed by atoms with van der Waals surface area (Å²) in [5.74, 6) is 0. The number of hydrogen-bond donors (Lipinski definition) is 2. The molecule has 82 valence electrons. The van der Waals surface area contributed by atoms with Crippen molar-refractivity contribution in [3.8, 4) is 0 Å². The van der Waals surface area contributed by atoms with Crippen LogP contribution in [0.2, 0.25) is 5.02 Å². The fourth-order valence-electron chi connectivity index (χ4n) is 1.29. The maximum Gasteiger partial charge on any atom is 0.342 e. The number of benzene rings is 1. The van der Waals surface area contributed by atoms with Gasteiger partial charge in [0.2, 0.25) is 0 Å². The van der Waals surface area contributed by atoms with E-state index in [1.54, 1.807) is 24.3 Å². The molecule has 0 fully saturated rings. The van der Waals surface area contributed by atoms with E-state index < -0.39 is 11.2 Å². The van der Waals surface area contributed by atoms with E-state index in [9.17, 15) is 9.59 Å². The van der Waals surface area contributed by atoms with E-state index in [0.717, 1.165) is 5.56 Å². The summed E-state index contributed by atoms with van der Waals surface area (Å²) in [7, 11) is 0. The Kier molecular flexibility index (Phi) is 2.87. The Labute approximate surface area is 95.1 Å². The summed E-state index contributed by atoms with van der Waals surface area (Å²) >= 11 is 5.74. The summed E-state index contributed by atoms with van der Waals surface area (Å²) in [6, 6.07) is 7.07. The van der Waals surface area contributed by atoms with Gasteiger partial charge in [0.25, 0.3) is 5.56 Å². The third-order valence-corrected chi connectivity index (χ3v) is 2.32. The zero-order valence-corrected chi connectivity index (χ0v) is 8.91. The molecule has 0 saturated heterocycles. The summed E-state index contributed by atoms with van der Waals surface area (Å²) in [6.07, 6.45) is 0.350. The fraction of sp³-hybridized carbons (Fsp3) is 0.100. The Morgan fingerprint density at radius 1 is 1.19 bits per heavy atom. The second-order valence-corrected chi connectivity index (χ2v) is 3.69. The highest BCUT2D eigenvalue weighted by Crippen LogP contribution is 2.10. The lowest BCUT2D eigenvalue weighted by molar-refractivity contribution is 0.828. The lowest BCUT2D eigenvalue weighted by Gasteiger charge is -1.99. The van der Waals surface area contributed by atoms with Gasteiger partial charge in [-0.1, -0.05) is 23.7 Å². The Bertz CT molecular complexity index is 600. The second-order valence-electron chi connectivity index (χ2n) is 3.26. The summed E-state index contributed by atoms with van der Waals surface area (Å²) in [4.78, 5) is 24.2. The molecule has 0 unspecified atom stereocenters. The molecule has 0 bridgehead atoms. The van der Waals surface area contributed by atoms with Crippen LogP contribution in [-0.4, -0.2) is 15.2 Å². The van der Waals surface area contributed by atoms with E-state index >= 15 is 0 Å². The van der Waals surface area contributed by atoms with E-state index in [4.69, 9.17) is 11.6 Å². The van der Waals surface area contributed by atoms with Crippen molar-refractivity contribution >= 4 is 11.6 Å². The molecule has 6 heteroatoms. The third-order valence-electron chi connectivity index (χ3n) is 2.07. The number of hydrogen-bond acceptors (Lipinski definition) is 3. The van der Waals surface area contributed by atoms with E-state index in [0.29, 0.717) is 11.4 Å². The molecule has 0 spiro atoms. The highest BCUT2D eigenvalue weighted by Gasteiger charge is 2.03. The van der Waals surface area contributed by atoms with Gasteiger partial charge in [-0.3, -0.25) is 9.78 Å². The van der Waals surface area contributed by atoms with Crippen molar-refractivity contribution in [1.29, 1.82) is 0 Å². The van der Waals surface area contributed by atoms with Crippen LogP contribution in [0, 0.1) is 0 Å². The Morgan fingerprint density at radius 3 is 2.50 bits per heavy atom. The number of halogens is 1. The molecule has 2 aromatic rings. The standard InChI is InChI=1S/C10H8ClN3O2/c11-7-3-1-6(2-4-7)5-8-9(15)12-10(16)14-13-8/h1-4H,5H2,(H2,12,14,15,16). The minimum absolute atomic E-state index is 0.266. The van der Waals surface area contributed by atoms with E-state index in [1.807, 2.05) is 0 Å². The van der Waals surface area contributed by atoms with Crippen molar-refractivity contribution < 1.29 is 0 Å². The van der Waals surface area contributed by atoms with Crippen molar-refractivity contribution in [2.45, 2.75) is 6.42 Å². The van der Waals surface area contributed by atoms with Gasteiger partial charge in [0, 0.05) is 11.4 Å². The quantitative estimate of drug-likeness (QED) is 0.807. The van der Waals surface area contributed by atoms with E-state index in [-0.39, 0.29) is 5.69 Å². The normalized spacial score (nSPS) is 10.3. The zero-order chi connectivity index (χ0) is 11.5. The second kappa shape index (κ2) is 4.32. The predicted octanol–water partition coefficient (Wildman–Crippen LogP) is 0.702. The molecule has 1 aromatic carbocycles. The van der Waals surface area contributed by atoms with Gasteiger partial charge in [-0.05, 0) is 17.7 Å². The van der Waals surface area contributed by atoms with Crippen LogP contribution in [0.4, 0.5) is 0 Å². The average molecular weight is 238 g/mol. The maximum absolute atomic E-state index is 11.3. The first-order chi connectivity index (χ1) is 7.65. The lowest BCUT2D eigenvalue weighted by Crippen LogP contribution is -2.27. The van der Waals surface area contributed by atoms with Crippen molar-refractivity contribution in [3.05, 3.63) is 61.4 Å². The van der Waals surface area contributed by atoms with Gasteiger partial charge in [0.15, 0.2) is 0 Å². The summed E-state index contributed by atoms with van der Waals surface area (Å²) < 4.78 is 0. The highest BCUT2D eigenvalue weighted by atomic mass is 35.5. The largest absolute Gasteiger partial charge is 0.342 e. The highest BCUT2D eigenvalue weighted by molar-refractivity contribution is 6.30. The molecule has 5 nitrogen and oxygen atoms in total. The van der Waals surface area contributed by atoms with Crippen LogP contribution >= 0.6 is 11.6 Å². The van der Waals surface area contributed by atoms with Crippen LogP contribution in [0.3, 0.4) is 0 Å². The van der Waals surface area contributed by atoms with Crippen LogP contribution in [0.5, 0.6) is 0 Å². The molecule has 2 N–H and O–H groups in total. The summed E-state index contributed by atoms with van der Waals surface area (Å²) in [6.45, 7) is 0. The van der Waals surface area contributed by atoms with Crippen molar-refractivity contribution in [2.24, 2.45) is 0 Å². The molecule has 0 aliphatic rings. The van der Waals surface area contributed by atoms with E-state index in [1.165, 1.54) is 0 Å². The molecule has 0 saturated carbocycles. The van der Waals surface area contributed by atoms with Gasteiger partial charge in [0.1, 0.15) is 5.69 Å². The molecule has 0 aliphatic carbocycles. The first-order valence-electron chi connectivity index (χ1n) is 4.57. The fourth-order valence-corrected chi connectivity index (χ4v) is 1.41. The first kappa shape index (κ1) is 10.6. The number of nitrogens with one attached hydrogen (secondary N) is 2. The van der Waals surface area contributed by atoms with Gasteiger partial charge in [-0.25, -0.2) is 9.89 Å². The number of aromatic amines is 2. The molecular formula is C10H8ClN3O2. The predicted molar refractivity (Wildman–Crippen MR) is 59.7 cm³/mol. The van der Waals surface area contributed by atoms with Gasteiger partial charge in [0.05, 0.1) is 0 Å². The number of nitrogens with zero attached hydrogens (tertiary/aromatic N) is 1. The van der Waals surface area contributed by atoms with Crippen LogP contribution in [0.25, 0.3) is 0 Å². The van der Waals surface area contributed by atoms with Gasteiger partial charge in [-0.2, -0.15) is 5.10 Å². The monoisotopic (exact) mass is 237 g/mol. The number of H-pyrrole nitrogens is 2. The van der Waals surface area contributed by atoms with E-state index in [2.05, 4.69) is 15.2 Å². The van der Waals surface area contributed by atoms with Crippen LogP contribution in [0.15, 0.2) is 33.9 Å². The first-order valence-corrected chi connectivity index (χ1v) is 4.95. The molecule has 0 radical (unpaired) electrons. The molecule has 0 atom stereocenters. The minimum atomic E-state index is -0.607. The molecule has 0 aliphatic heterocycles. The topological polar surface area (TPSA) is 78.6 Å².